The van der Waals surface area contributed by atoms with Gasteiger partial charge in [-0.3, -0.25) is 14.9 Å². The molecule has 0 spiro atoms. The number of nitrogens with one attached hydrogen (secondary N) is 1. The molecule has 1 amide bonds. The number of anilines is 1. The molecule has 11 heteroatoms. The summed E-state index contributed by atoms with van der Waals surface area (Å²) in [5.41, 5.74) is 0.228. The van der Waals surface area contributed by atoms with E-state index in [1.165, 1.54) is 29.5 Å². The maximum Gasteiger partial charge on any atom is 0.305 e. The average molecular weight is 392 g/mol. The molecule has 0 radical (unpaired) electrons. The second-order valence-corrected chi connectivity index (χ2v) is 5.65. The second-order valence-electron chi connectivity index (χ2n) is 5.21. The fraction of sp³-hybridized carbons (Fsp3) is 0.0625. The monoisotopic (exact) mass is 391 g/mol. The van der Waals surface area contributed by atoms with Crippen LogP contribution in [-0.4, -0.2) is 32.2 Å². The molecule has 9 nitrogen and oxygen atoms in total. The molecule has 0 fully saturated rings. The number of nitro groups is 1. The molecule has 0 unspecified atom stereocenters. The van der Waals surface area contributed by atoms with Crippen LogP contribution in [0.25, 0.3) is 5.69 Å². The van der Waals surface area contributed by atoms with Crippen molar-refractivity contribution in [2.45, 2.75) is 0 Å². The zero-order valence-electron chi connectivity index (χ0n) is 13.5. The van der Waals surface area contributed by atoms with Crippen molar-refractivity contribution in [1.29, 1.82) is 0 Å². The van der Waals surface area contributed by atoms with Gasteiger partial charge >= 0.3 is 5.69 Å². The Labute approximate surface area is 156 Å². The van der Waals surface area contributed by atoms with E-state index in [2.05, 4.69) is 15.4 Å². The molecule has 0 aliphatic rings. The van der Waals surface area contributed by atoms with Crippen LogP contribution in [0.3, 0.4) is 0 Å². The number of benzene rings is 2. The molecule has 1 N–H and O–H groups in total. The van der Waals surface area contributed by atoms with Crippen molar-refractivity contribution in [3.05, 3.63) is 70.0 Å². The quantitative estimate of drug-likeness (QED) is 0.510. The fourth-order valence-corrected chi connectivity index (χ4v) is 2.37. The lowest BCUT2D eigenvalue weighted by atomic mass is 10.2. The van der Waals surface area contributed by atoms with Crippen LogP contribution in [0.2, 0.25) is 5.02 Å². The molecule has 1 heterocycles. The van der Waals surface area contributed by atoms with Gasteiger partial charge in [0, 0.05) is 17.2 Å². The van der Waals surface area contributed by atoms with Crippen LogP contribution >= 0.6 is 11.6 Å². The van der Waals surface area contributed by atoms with Crippen LogP contribution < -0.4 is 10.1 Å². The summed E-state index contributed by atoms with van der Waals surface area (Å²) in [5.74, 6) is -1.62. The van der Waals surface area contributed by atoms with Crippen LogP contribution in [0.5, 0.6) is 5.75 Å². The minimum absolute atomic E-state index is 0.0177. The molecule has 0 saturated heterocycles. The van der Waals surface area contributed by atoms with Gasteiger partial charge in [-0.2, -0.15) is 9.49 Å². The number of carbonyl (C=O) groups excluding carboxylic acids is 1. The first-order valence-electron chi connectivity index (χ1n) is 7.45. The van der Waals surface area contributed by atoms with E-state index < -0.39 is 28.9 Å². The first-order chi connectivity index (χ1) is 12.9. The van der Waals surface area contributed by atoms with E-state index >= 15 is 0 Å². The molecule has 3 rings (SSSR count). The van der Waals surface area contributed by atoms with Gasteiger partial charge in [0.15, 0.2) is 6.61 Å². The van der Waals surface area contributed by atoms with E-state index in [1.807, 2.05) is 0 Å². The van der Waals surface area contributed by atoms with Crippen LogP contribution in [-0.2, 0) is 4.79 Å². The van der Waals surface area contributed by atoms with Crippen LogP contribution in [0.4, 0.5) is 15.8 Å². The highest BCUT2D eigenvalue weighted by atomic mass is 35.5. The number of ether oxygens (including phenoxy) is 1. The van der Waals surface area contributed by atoms with E-state index in [-0.39, 0.29) is 5.75 Å². The summed E-state index contributed by atoms with van der Waals surface area (Å²) in [7, 11) is 0. The fourth-order valence-electron chi connectivity index (χ4n) is 2.20. The number of carbonyl (C=O) groups is 1. The third-order valence-corrected chi connectivity index (χ3v) is 3.62. The van der Waals surface area contributed by atoms with Crippen molar-refractivity contribution in [1.82, 2.24) is 14.8 Å². The average Bonchev–Trinajstić information content (AvgIpc) is 3.14. The van der Waals surface area contributed by atoms with Gasteiger partial charge in [-0.25, -0.2) is 9.67 Å². The number of hydrogen-bond donors (Lipinski definition) is 1. The molecule has 138 valence electrons. The topological polar surface area (TPSA) is 112 Å². The van der Waals surface area contributed by atoms with E-state index in [0.29, 0.717) is 16.4 Å². The van der Waals surface area contributed by atoms with Gasteiger partial charge in [0.05, 0.1) is 16.3 Å². The Morgan fingerprint density at radius 2 is 2.15 bits per heavy atom. The largest absolute Gasteiger partial charge is 0.484 e. The lowest BCUT2D eigenvalue weighted by Gasteiger charge is -2.12. The Hall–Kier alpha value is -3.53. The van der Waals surface area contributed by atoms with Crippen molar-refractivity contribution in [3.8, 4) is 11.4 Å². The van der Waals surface area contributed by atoms with E-state index in [0.717, 1.165) is 12.1 Å². The summed E-state index contributed by atoms with van der Waals surface area (Å²) in [4.78, 5) is 25.7. The third kappa shape index (κ3) is 4.36. The SMILES string of the molecule is O=C(COc1ccc([N+](=O)[O-])c(F)c1)Nc1cc(Cl)ccc1-n1cncn1. The molecule has 27 heavy (non-hydrogen) atoms. The maximum absolute atomic E-state index is 13.6. The van der Waals surface area contributed by atoms with Crippen molar-refractivity contribution in [3.63, 3.8) is 0 Å². The Kier molecular flexibility index (Phi) is 5.27. The third-order valence-electron chi connectivity index (χ3n) is 3.38. The molecule has 1 aromatic heterocycles. The highest BCUT2D eigenvalue weighted by Crippen LogP contribution is 2.25. The predicted molar refractivity (Wildman–Crippen MR) is 93.5 cm³/mol. The van der Waals surface area contributed by atoms with Crippen molar-refractivity contribution in [2.75, 3.05) is 11.9 Å². The van der Waals surface area contributed by atoms with Crippen molar-refractivity contribution >= 4 is 28.9 Å². The summed E-state index contributed by atoms with van der Waals surface area (Å²) < 4.78 is 20.2. The minimum Gasteiger partial charge on any atom is -0.484 e. The van der Waals surface area contributed by atoms with Crippen LogP contribution in [0.1, 0.15) is 0 Å². The number of hydrogen-bond acceptors (Lipinski definition) is 6. The Bertz CT molecular complexity index is 996. The van der Waals surface area contributed by atoms with Gasteiger partial charge in [0.2, 0.25) is 5.82 Å². The summed E-state index contributed by atoms with van der Waals surface area (Å²) in [6.07, 6.45) is 2.79. The van der Waals surface area contributed by atoms with E-state index in [9.17, 15) is 19.3 Å². The van der Waals surface area contributed by atoms with Crippen molar-refractivity contribution in [2.24, 2.45) is 0 Å². The number of aromatic nitrogens is 3. The van der Waals surface area contributed by atoms with E-state index in [4.69, 9.17) is 16.3 Å². The zero-order chi connectivity index (χ0) is 19.4. The van der Waals surface area contributed by atoms with Gasteiger partial charge in [0.1, 0.15) is 18.4 Å². The van der Waals surface area contributed by atoms with Gasteiger partial charge in [-0.05, 0) is 24.3 Å². The van der Waals surface area contributed by atoms with Crippen LogP contribution in [0.15, 0.2) is 49.1 Å². The summed E-state index contributed by atoms with van der Waals surface area (Å²) in [6, 6.07) is 7.81. The molecule has 0 atom stereocenters. The molecule has 3 aromatic rings. The molecule has 0 saturated carbocycles. The zero-order valence-corrected chi connectivity index (χ0v) is 14.3. The predicted octanol–water partition coefficient (Wildman–Crippen LogP) is 2.99. The molecule has 0 aliphatic carbocycles. The summed E-state index contributed by atoms with van der Waals surface area (Å²) >= 11 is 5.97. The minimum atomic E-state index is -1.05. The molecular weight excluding hydrogens is 381 g/mol. The number of amides is 1. The number of nitro benzene ring substituents is 1. The smallest absolute Gasteiger partial charge is 0.305 e. The molecule has 0 aliphatic heterocycles. The number of halogens is 2. The highest BCUT2D eigenvalue weighted by molar-refractivity contribution is 6.31. The van der Waals surface area contributed by atoms with Crippen molar-refractivity contribution < 1.29 is 18.8 Å². The lowest BCUT2D eigenvalue weighted by molar-refractivity contribution is -0.387. The molecule has 2 aromatic carbocycles. The highest BCUT2D eigenvalue weighted by Gasteiger charge is 2.15. The van der Waals surface area contributed by atoms with Gasteiger partial charge in [-0.15, -0.1) is 0 Å². The summed E-state index contributed by atoms with van der Waals surface area (Å²) in [5, 5.41) is 17.6. The van der Waals surface area contributed by atoms with E-state index in [1.54, 1.807) is 12.1 Å². The van der Waals surface area contributed by atoms with Crippen LogP contribution in [0, 0.1) is 15.9 Å². The Balaban J connectivity index is 1.69. The normalized spacial score (nSPS) is 10.4. The maximum atomic E-state index is 13.6. The number of rotatable bonds is 6. The lowest BCUT2D eigenvalue weighted by Crippen LogP contribution is -2.21. The number of nitrogens with zero attached hydrogens (tertiary/aromatic N) is 4. The standard InChI is InChI=1S/C16H11ClFN5O4/c17-10-1-3-15(22-9-19-8-20-22)13(5-10)21-16(24)7-27-11-2-4-14(23(25)26)12(18)6-11/h1-6,8-9H,7H2,(H,21,24). The Morgan fingerprint density at radius 1 is 1.33 bits per heavy atom. The van der Waals surface area contributed by atoms with Gasteiger partial charge < -0.3 is 10.1 Å². The molecule has 0 bridgehead atoms. The first kappa shape index (κ1) is 18.3. The Morgan fingerprint density at radius 3 is 2.81 bits per heavy atom. The molecular formula is C16H11ClFN5O4. The van der Waals surface area contributed by atoms with Gasteiger partial charge in [-0.1, -0.05) is 11.6 Å². The summed E-state index contributed by atoms with van der Waals surface area (Å²) in [6.45, 7) is -0.444. The second kappa shape index (κ2) is 7.79. The van der Waals surface area contributed by atoms with Gasteiger partial charge in [0.25, 0.3) is 5.91 Å². The first-order valence-corrected chi connectivity index (χ1v) is 7.83.